The molecule has 1 N–H and O–H groups in total. The second-order valence-electron chi connectivity index (χ2n) is 5.26. The zero-order valence-corrected chi connectivity index (χ0v) is 12.6. The fourth-order valence-corrected chi connectivity index (χ4v) is 3.11. The number of benzene rings is 1. The summed E-state index contributed by atoms with van der Waals surface area (Å²) in [6.45, 7) is 3.01. The topological polar surface area (TPSA) is 40.5 Å². The van der Waals surface area contributed by atoms with Crippen LogP contribution in [0.25, 0.3) is 0 Å². The van der Waals surface area contributed by atoms with Gasteiger partial charge in [0.1, 0.15) is 0 Å². The predicted octanol–water partition coefficient (Wildman–Crippen LogP) is 3.53. The SMILES string of the molecule is O=C(O)C[C@@H]1CCCN(Cc2ccccc2Br)CC1. The molecule has 1 aliphatic rings. The molecule has 19 heavy (non-hydrogen) atoms. The normalized spacial score (nSPS) is 21.0. The van der Waals surface area contributed by atoms with Crippen LogP contribution in [0.5, 0.6) is 0 Å². The summed E-state index contributed by atoms with van der Waals surface area (Å²) in [6, 6.07) is 8.30. The van der Waals surface area contributed by atoms with Crippen molar-refractivity contribution in [3.63, 3.8) is 0 Å². The highest BCUT2D eigenvalue weighted by atomic mass is 79.9. The molecule has 104 valence electrons. The van der Waals surface area contributed by atoms with Crippen molar-refractivity contribution in [3.05, 3.63) is 34.3 Å². The Kier molecular flexibility index (Phi) is 5.40. The van der Waals surface area contributed by atoms with E-state index in [0.717, 1.165) is 43.4 Å². The van der Waals surface area contributed by atoms with Crippen LogP contribution < -0.4 is 0 Å². The first-order valence-electron chi connectivity index (χ1n) is 6.82. The number of likely N-dealkylation sites (tertiary alicyclic amines) is 1. The first-order valence-corrected chi connectivity index (χ1v) is 7.62. The average molecular weight is 326 g/mol. The summed E-state index contributed by atoms with van der Waals surface area (Å²) in [5, 5.41) is 8.88. The van der Waals surface area contributed by atoms with Gasteiger partial charge in [-0.3, -0.25) is 9.69 Å². The van der Waals surface area contributed by atoms with Crippen LogP contribution in [0.3, 0.4) is 0 Å². The number of rotatable bonds is 4. The molecular formula is C15H20BrNO2. The first kappa shape index (κ1) is 14.5. The predicted molar refractivity (Wildman–Crippen MR) is 79.0 cm³/mol. The van der Waals surface area contributed by atoms with Crippen LogP contribution in [0.2, 0.25) is 0 Å². The molecule has 1 aliphatic heterocycles. The number of halogens is 1. The van der Waals surface area contributed by atoms with Gasteiger partial charge in [-0.15, -0.1) is 0 Å². The van der Waals surface area contributed by atoms with Crippen molar-refractivity contribution in [1.82, 2.24) is 4.90 Å². The molecule has 0 aliphatic carbocycles. The zero-order chi connectivity index (χ0) is 13.7. The summed E-state index contributed by atoms with van der Waals surface area (Å²) in [7, 11) is 0. The standard InChI is InChI=1S/C15H20BrNO2/c16-14-6-2-1-5-13(14)11-17-8-3-4-12(7-9-17)10-15(18)19/h1-2,5-6,12H,3-4,7-11H2,(H,18,19)/t12-/m1/s1. The minimum Gasteiger partial charge on any atom is -0.481 e. The van der Waals surface area contributed by atoms with Gasteiger partial charge < -0.3 is 5.11 Å². The molecule has 2 rings (SSSR count). The van der Waals surface area contributed by atoms with Gasteiger partial charge in [-0.05, 0) is 49.9 Å². The van der Waals surface area contributed by atoms with E-state index < -0.39 is 5.97 Å². The van der Waals surface area contributed by atoms with Gasteiger partial charge in [0.25, 0.3) is 0 Å². The van der Waals surface area contributed by atoms with Crippen LogP contribution in [0.1, 0.15) is 31.2 Å². The Labute approximate surface area is 122 Å². The van der Waals surface area contributed by atoms with Gasteiger partial charge in [-0.2, -0.15) is 0 Å². The molecule has 4 heteroatoms. The minimum absolute atomic E-state index is 0.322. The van der Waals surface area contributed by atoms with Gasteiger partial charge in [0, 0.05) is 17.4 Å². The maximum atomic E-state index is 10.8. The van der Waals surface area contributed by atoms with E-state index in [1.807, 2.05) is 6.07 Å². The van der Waals surface area contributed by atoms with E-state index in [0.29, 0.717) is 12.3 Å². The highest BCUT2D eigenvalue weighted by Crippen LogP contribution is 2.23. The van der Waals surface area contributed by atoms with Crippen LogP contribution in [-0.4, -0.2) is 29.1 Å². The molecule has 0 unspecified atom stereocenters. The van der Waals surface area contributed by atoms with Gasteiger partial charge in [0.2, 0.25) is 0 Å². The maximum absolute atomic E-state index is 10.8. The fraction of sp³-hybridized carbons (Fsp3) is 0.533. The third-order valence-electron chi connectivity index (χ3n) is 3.76. The summed E-state index contributed by atoms with van der Waals surface area (Å²) in [5.74, 6) is -0.314. The first-order chi connectivity index (χ1) is 9.15. The smallest absolute Gasteiger partial charge is 0.303 e. The lowest BCUT2D eigenvalue weighted by Crippen LogP contribution is -2.24. The van der Waals surface area contributed by atoms with Crippen LogP contribution in [-0.2, 0) is 11.3 Å². The average Bonchev–Trinajstić information content (AvgIpc) is 2.57. The summed E-state index contributed by atoms with van der Waals surface area (Å²) >= 11 is 3.58. The van der Waals surface area contributed by atoms with Gasteiger partial charge in [-0.1, -0.05) is 34.1 Å². The van der Waals surface area contributed by atoms with Gasteiger partial charge in [0.05, 0.1) is 0 Å². The van der Waals surface area contributed by atoms with Crippen molar-refractivity contribution >= 4 is 21.9 Å². The molecule has 0 bridgehead atoms. The Balaban J connectivity index is 1.89. The van der Waals surface area contributed by atoms with E-state index in [1.54, 1.807) is 0 Å². The van der Waals surface area contributed by atoms with Crippen LogP contribution in [0.15, 0.2) is 28.7 Å². The molecular weight excluding hydrogens is 306 g/mol. The number of hydrogen-bond acceptors (Lipinski definition) is 2. The van der Waals surface area contributed by atoms with E-state index in [4.69, 9.17) is 5.11 Å². The third-order valence-corrected chi connectivity index (χ3v) is 4.53. The molecule has 1 aromatic carbocycles. The van der Waals surface area contributed by atoms with Crippen LogP contribution in [0.4, 0.5) is 0 Å². The van der Waals surface area contributed by atoms with Crippen LogP contribution >= 0.6 is 15.9 Å². The Morgan fingerprint density at radius 3 is 2.84 bits per heavy atom. The van der Waals surface area contributed by atoms with Crippen molar-refractivity contribution < 1.29 is 9.90 Å². The molecule has 0 amide bonds. The van der Waals surface area contributed by atoms with Crippen molar-refractivity contribution in [1.29, 1.82) is 0 Å². The lowest BCUT2D eigenvalue weighted by Gasteiger charge is -2.20. The molecule has 1 heterocycles. The molecule has 0 saturated carbocycles. The maximum Gasteiger partial charge on any atom is 0.303 e. The Hall–Kier alpha value is -0.870. The van der Waals surface area contributed by atoms with Crippen molar-refractivity contribution in [2.75, 3.05) is 13.1 Å². The number of carbonyl (C=O) groups is 1. The van der Waals surface area contributed by atoms with Gasteiger partial charge in [0.15, 0.2) is 0 Å². The van der Waals surface area contributed by atoms with E-state index in [1.165, 1.54) is 5.56 Å². The van der Waals surface area contributed by atoms with Crippen molar-refractivity contribution in [2.45, 2.75) is 32.2 Å². The third kappa shape index (κ3) is 4.62. The molecule has 1 aromatic rings. The second kappa shape index (κ2) is 7.06. The van der Waals surface area contributed by atoms with Crippen molar-refractivity contribution in [3.8, 4) is 0 Å². The Morgan fingerprint density at radius 1 is 1.32 bits per heavy atom. The zero-order valence-electron chi connectivity index (χ0n) is 11.0. The molecule has 0 aromatic heterocycles. The number of nitrogens with zero attached hydrogens (tertiary/aromatic N) is 1. The largest absolute Gasteiger partial charge is 0.481 e. The summed E-state index contributed by atoms with van der Waals surface area (Å²) in [5.41, 5.74) is 1.30. The van der Waals surface area contributed by atoms with Gasteiger partial charge >= 0.3 is 5.97 Å². The summed E-state index contributed by atoms with van der Waals surface area (Å²) in [6.07, 6.45) is 3.46. The quantitative estimate of drug-likeness (QED) is 0.920. The minimum atomic E-state index is -0.663. The lowest BCUT2D eigenvalue weighted by molar-refractivity contribution is -0.138. The molecule has 1 fully saturated rings. The molecule has 3 nitrogen and oxygen atoms in total. The van der Waals surface area contributed by atoms with E-state index >= 15 is 0 Å². The molecule has 1 atom stereocenters. The number of hydrogen-bond donors (Lipinski definition) is 1. The van der Waals surface area contributed by atoms with E-state index in [-0.39, 0.29) is 0 Å². The van der Waals surface area contributed by atoms with Crippen LogP contribution in [0, 0.1) is 5.92 Å². The van der Waals surface area contributed by atoms with E-state index in [9.17, 15) is 4.79 Å². The molecule has 0 spiro atoms. The second-order valence-corrected chi connectivity index (χ2v) is 6.12. The van der Waals surface area contributed by atoms with E-state index in [2.05, 4.69) is 39.0 Å². The number of carboxylic acids is 1. The number of carboxylic acid groups (broad SMARTS) is 1. The fourth-order valence-electron chi connectivity index (χ4n) is 2.70. The molecule has 1 saturated heterocycles. The van der Waals surface area contributed by atoms with Gasteiger partial charge in [-0.25, -0.2) is 0 Å². The molecule has 0 radical (unpaired) electrons. The highest BCUT2D eigenvalue weighted by molar-refractivity contribution is 9.10. The monoisotopic (exact) mass is 325 g/mol. The van der Waals surface area contributed by atoms with Crippen molar-refractivity contribution in [2.24, 2.45) is 5.92 Å². The Morgan fingerprint density at radius 2 is 2.11 bits per heavy atom. The Bertz CT molecular complexity index is 436. The summed E-state index contributed by atoms with van der Waals surface area (Å²) < 4.78 is 1.15. The number of aliphatic carboxylic acids is 1. The lowest BCUT2D eigenvalue weighted by atomic mass is 9.97. The highest BCUT2D eigenvalue weighted by Gasteiger charge is 2.19. The summed E-state index contributed by atoms with van der Waals surface area (Å²) in [4.78, 5) is 13.2.